The van der Waals surface area contributed by atoms with E-state index in [9.17, 15) is 0 Å². The Bertz CT molecular complexity index is 346. The van der Waals surface area contributed by atoms with Crippen molar-refractivity contribution in [2.75, 3.05) is 27.4 Å². The normalized spacial score (nSPS) is 27.1. The maximum atomic E-state index is 5.43. The van der Waals surface area contributed by atoms with E-state index in [-0.39, 0.29) is 5.41 Å². The van der Waals surface area contributed by atoms with Crippen LogP contribution in [0.2, 0.25) is 0 Å². The SMILES string of the molecule is COCC1(COC)CC2=CC[C@H](C)C2=C(C)C1. The highest BCUT2D eigenvalue weighted by atomic mass is 16.5. The first kappa shape index (κ1) is 12.8. The maximum Gasteiger partial charge on any atom is 0.0547 e. The van der Waals surface area contributed by atoms with Gasteiger partial charge in [-0.15, -0.1) is 0 Å². The third-order valence-corrected chi connectivity index (χ3v) is 4.12. The van der Waals surface area contributed by atoms with Gasteiger partial charge in [-0.3, -0.25) is 0 Å². The van der Waals surface area contributed by atoms with Crippen LogP contribution in [0.15, 0.2) is 22.8 Å². The van der Waals surface area contributed by atoms with E-state index in [1.807, 2.05) is 0 Å². The fraction of sp³-hybridized carbons (Fsp3) is 0.733. The van der Waals surface area contributed by atoms with Gasteiger partial charge < -0.3 is 9.47 Å². The highest BCUT2D eigenvalue weighted by molar-refractivity contribution is 5.45. The molecule has 1 atom stereocenters. The summed E-state index contributed by atoms with van der Waals surface area (Å²) in [5.74, 6) is 0.716. The van der Waals surface area contributed by atoms with Crippen molar-refractivity contribution in [3.63, 3.8) is 0 Å². The largest absolute Gasteiger partial charge is 0.384 e. The molecule has 17 heavy (non-hydrogen) atoms. The molecule has 0 radical (unpaired) electrons. The standard InChI is InChI=1S/C15H24O2/c1-11-5-6-13-8-15(9-16-3,10-17-4)7-12(2)14(11)13/h6,11H,5,7-10H2,1-4H3/t11-/m0/s1. The van der Waals surface area contributed by atoms with E-state index in [1.165, 1.54) is 6.42 Å². The first-order chi connectivity index (χ1) is 8.12. The van der Waals surface area contributed by atoms with Crippen molar-refractivity contribution in [3.05, 3.63) is 22.8 Å². The third kappa shape index (κ3) is 2.34. The lowest BCUT2D eigenvalue weighted by molar-refractivity contribution is 0.00818. The number of fused-ring (bicyclic) bond motifs is 1. The Morgan fingerprint density at radius 3 is 2.47 bits per heavy atom. The van der Waals surface area contributed by atoms with E-state index in [2.05, 4.69) is 19.9 Å². The Morgan fingerprint density at radius 1 is 1.24 bits per heavy atom. The quantitative estimate of drug-likeness (QED) is 0.745. The van der Waals surface area contributed by atoms with E-state index < -0.39 is 0 Å². The maximum absolute atomic E-state index is 5.43. The van der Waals surface area contributed by atoms with Gasteiger partial charge in [0.25, 0.3) is 0 Å². The van der Waals surface area contributed by atoms with E-state index in [0.717, 1.165) is 26.1 Å². The molecule has 2 heteroatoms. The third-order valence-electron chi connectivity index (χ3n) is 4.12. The number of ether oxygens (including phenoxy) is 2. The molecule has 2 aliphatic rings. The van der Waals surface area contributed by atoms with Crippen molar-refractivity contribution in [2.24, 2.45) is 11.3 Å². The molecule has 0 heterocycles. The van der Waals surface area contributed by atoms with Crippen LogP contribution in [0.4, 0.5) is 0 Å². The van der Waals surface area contributed by atoms with Gasteiger partial charge in [0.1, 0.15) is 0 Å². The topological polar surface area (TPSA) is 18.5 Å². The molecule has 96 valence electrons. The fourth-order valence-electron chi connectivity index (χ4n) is 3.71. The summed E-state index contributed by atoms with van der Waals surface area (Å²) >= 11 is 0. The second kappa shape index (κ2) is 4.95. The number of hydrogen-bond donors (Lipinski definition) is 0. The number of rotatable bonds is 4. The minimum Gasteiger partial charge on any atom is -0.384 e. The Morgan fingerprint density at radius 2 is 1.88 bits per heavy atom. The van der Waals surface area contributed by atoms with Crippen molar-refractivity contribution in [3.8, 4) is 0 Å². The molecule has 2 aliphatic carbocycles. The number of hydrogen-bond acceptors (Lipinski definition) is 2. The summed E-state index contributed by atoms with van der Waals surface area (Å²) in [7, 11) is 3.58. The van der Waals surface area contributed by atoms with Crippen molar-refractivity contribution < 1.29 is 9.47 Å². The minimum atomic E-state index is 0.160. The van der Waals surface area contributed by atoms with Gasteiger partial charge in [-0.05, 0) is 43.3 Å². The van der Waals surface area contributed by atoms with Crippen LogP contribution in [0.1, 0.15) is 33.1 Å². The Hall–Kier alpha value is -0.600. The lowest BCUT2D eigenvalue weighted by Gasteiger charge is -2.38. The van der Waals surface area contributed by atoms with E-state index in [4.69, 9.17) is 9.47 Å². The molecule has 2 nitrogen and oxygen atoms in total. The van der Waals surface area contributed by atoms with Crippen molar-refractivity contribution in [1.29, 1.82) is 0 Å². The molecular weight excluding hydrogens is 212 g/mol. The Labute approximate surface area is 105 Å². The van der Waals surface area contributed by atoms with Gasteiger partial charge >= 0.3 is 0 Å². The zero-order valence-electron chi connectivity index (χ0n) is 11.5. The van der Waals surface area contributed by atoms with E-state index in [0.29, 0.717) is 5.92 Å². The molecule has 0 saturated carbocycles. The zero-order valence-corrected chi connectivity index (χ0v) is 11.5. The van der Waals surface area contributed by atoms with Gasteiger partial charge in [0.15, 0.2) is 0 Å². The average Bonchev–Trinajstić information content (AvgIpc) is 2.61. The van der Waals surface area contributed by atoms with Crippen molar-refractivity contribution >= 4 is 0 Å². The molecule has 0 N–H and O–H groups in total. The number of methoxy groups -OCH3 is 2. The molecule has 0 aromatic heterocycles. The van der Waals surface area contributed by atoms with Crippen LogP contribution in [-0.4, -0.2) is 27.4 Å². The molecule has 2 rings (SSSR count). The molecule has 0 aromatic carbocycles. The Balaban J connectivity index is 2.28. The molecule has 0 unspecified atom stereocenters. The Kier molecular flexibility index (Phi) is 3.74. The predicted molar refractivity (Wildman–Crippen MR) is 70.0 cm³/mol. The van der Waals surface area contributed by atoms with Gasteiger partial charge in [-0.2, -0.15) is 0 Å². The van der Waals surface area contributed by atoms with Gasteiger partial charge in [0, 0.05) is 19.6 Å². The van der Waals surface area contributed by atoms with Crippen molar-refractivity contribution in [1.82, 2.24) is 0 Å². The second-order valence-corrected chi connectivity index (χ2v) is 5.78. The first-order valence-corrected chi connectivity index (χ1v) is 6.49. The molecule has 0 aliphatic heterocycles. The van der Waals surface area contributed by atoms with E-state index in [1.54, 1.807) is 30.9 Å². The molecule has 0 amide bonds. The van der Waals surface area contributed by atoms with Crippen LogP contribution in [0.5, 0.6) is 0 Å². The lowest BCUT2D eigenvalue weighted by atomic mass is 9.70. The van der Waals surface area contributed by atoms with Crippen LogP contribution < -0.4 is 0 Å². The summed E-state index contributed by atoms with van der Waals surface area (Å²) in [4.78, 5) is 0. The summed E-state index contributed by atoms with van der Waals surface area (Å²) < 4.78 is 10.9. The van der Waals surface area contributed by atoms with E-state index >= 15 is 0 Å². The summed E-state index contributed by atoms with van der Waals surface area (Å²) in [6, 6.07) is 0. The smallest absolute Gasteiger partial charge is 0.0547 e. The second-order valence-electron chi connectivity index (χ2n) is 5.78. The average molecular weight is 236 g/mol. The van der Waals surface area contributed by atoms with Crippen LogP contribution in [-0.2, 0) is 9.47 Å². The fourth-order valence-corrected chi connectivity index (χ4v) is 3.71. The monoisotopic (exact) mass is 236 g/mol. The molecule has 0 fully saturated rings. The summed E-state index contributed by atoms with van der Waals surface area (Å²) in [5, 5.41) is 0. The van der Waals surface area contributed by atoms with Crippen molar-refractivity contribution in [2.45, 2.75) is 33.1 Å². The van der Waals surface area contributed by atoms with Gasteiger partial charge in [0.2, 0.25) is 0 Å². The molecule has 0 aromatic rings. The molecular formula is C15H24O2. The minimum absolute atomic E-state index is 0.160. The predicted octanol–water partition coefficient (Wildman–Crippen LogP) is 3.34. The summed E-state index contributed by atoms with van der Waals surface area (Å²) in [6.45, 7) is 6.20. The van der Waals surface area contributed by atoms with Gasteiger partial charge in [-0.25, -0.2) is 0 Å². The van der Waals surface area contributed by atoms with Crippen LogP contribution in [0.3, 0.4) is 0 Å². The molecule has 0 saturated heterocycles. The number of allylic oxidation sites excluding steroid dienone is 4. The summed E-state index contributed by atoms with van der Waals surface area (Å²) in [5.41, 5.74) is 4.87. The zero-order chi connectivity index (χ0) is 12.5. The highest BCUT2D eigenvalue weighted by Gasteiger charge is 2.39. The highest BCUT2D eigenvalue weighted by Crippen LogP contribution is 2.48. The summed E-state index contributed by atoms with van der Waals surface area (Å²) in [6.07, 6.45) is 5.86. The van der Waals surface area contributed by atoms with Crippen LogP contribution >= 0.6 is 0 Å². The molecule has 0 spiro atoms. The van der Waals surface area contributed by atoms with Crippen LogP contribution in [0.25, 0.3) is 0 Å². The first-order valence-electron chi connectivity index (χ1n) is 6.49. The van der Waals surface area contributed by atoms with Crippen LogP contribution in [0, 0.1) is 11.3 Å². The van der Waals surface area contributed by atoms with Gasteiger partial charge in [0.05, 0.1) is 13.2 Å². The lowest BCUT2D eigenvalue weighted by Crippen LogP contribution is -2.35. The molecule has 0 bridgehead atoms. The van der Waals surface area contributed by atoms with Gasteiger partial charge in [-0.1, -0.05) is 18.6 Å².